The van der Waals surface area contributed by atoms with Crippen LogP contribution < -0.4 is 0 Å². The van der Waals surface area contributed by atoms with E-state index in [0.29, 0.717) is 12.3 Å². The molecule has 4 rings (SSSR count). The molecule has 1 atom stereocenters. The summed E-state index contributed by atoms with van der Waals surface area (Å²) >= 11 is 1.65. The third kappa shape index (κ3) is 3.51. The number of hydrogen-bond donors (Lipinski definition) is 1. The van der Waals surface area contributed by atoms with Gasteiger partial charge in [0, 0.05) is 35.1 Å². The van der Waals surface area contributed by atoms with Crippen LogP contribution in [0.4, 0.5) is 0 Å². The first-order valence-corrected chi connectivity index (χ1v) is 9.58. The molecule has 1 N–H and O–H groups in total. The van der Waals surface area contributed by atoms with Crippen molar-refractivity contribution < 1.29 is 4.79 Å². The number of H-pyrrole nitrogens is 1. The zero-order chi connectivity index (χ0) is 17.1. The topological polar surface area (TPSA) is 49.0 Å². The predicted octanol–water partition coefficient (Wildman–Crippen LogP) is 4.09. The van der Waals surface area contributed by atoms with E-state index < -0.39 is 0 Å². The lowest BCUT2D eigenvalue weighted by molar-refractivity contribution is -0.131. The number of amides is 1. The van der Waals surface area contributed by atoms with Crippen molar-refractivity contribution in [1.29, 1.82) is 0 Å². The van der Waals surface area contributed by atoms with E-state index in [0.717, 1.165) is 42.1 Å². The SMILES string of the molecule is O=C(Cc1cccs1)N1CCC[C@@H](c2[nH]ncc2-c2ccccc2)C1. The van der Waals surface area contributed by atoms with Gasteiger partial charge < -0.3 is 4.90 Å². The van der Waals surface area contributed by atoms with Gasteiger partial charge in [-0.05, 0) is 29.9 Å². The number of hydrogen-bond acceptors (Lipinski definition) is 3. The van der Waals surface area contributed by atoms with Gasteiger partial charge in [0.25, 0.3) is 0 Å². The van der Waals surface area contributed by atoms with Gasteiger partial charge in [-0.1, -0.05) is 36.4 Å². The number of benzene rings is 1. The monoisotopic (exact) mass is 351 g/mol. The molecule has 128 valence electrons. The smallest absolute Gasteiger partial charge is 0.227 e. The van der Waals surface area contributed by atoms with Crippen LogP contribution in [0.2, 0.25) is 0 Å². The largest absolute Gasteiger partial charge is 0.342 e. The molecule has 3 aromatic rings. The number of carbonyl (C=O) groups is 1. The Morgan fingerprint density at radius 3 is 2.92 bits per heavy atom. The number of piperidine rings is 1. The van der Waals surface area contributed by atoms with Gasteiger partial charge in [-0.3, -0.25) is 9.89 Å². The fourth-order valence-corrected chi connectivity index (χ4v) is 4.26. The number of nitrogens with zero attached hydrogens (tertiary/aromatic N) is 2. The summed E-state index contributed by atoms with van der Waals surface area (Å²) in [6, 6.07) is 14.4. The summed E-state index contributed by atoms with van der Waals surface area (Å²) in [5.41, 5.74) is 3.48. The van der Waals surface area contributed by atoms with Crippen molar-refractivity contribution in [1.82, 2.24) is 15.1 Å². The highest BCUT2D eigenvalue weighted by Gasteiger charge is 2.27. The average Bonchev–Trinajstić information content (AvgIpc) is 3.34. The highest BCUT2D eigenvalue weighted by atomic mass is 32.1. The molecule has 0 unspecified atom stereocenters. The van der Waals surface area contributed by atoms with Crippen LogP contribution in [0, 0.1) is 0 Å². The lowest BCUT2D eigenvalue weighted by atomic mass is 9.90. The highest BCUT2D eigenvalue weighted by Crippen LogP contribution is 2.33. The van der Waals surface area contributed by atoms with Crippen LogP contribution in [0.1, 0.15) is 29.3 Å². The van der Waals surface area contributed by atoms with Crippen LogP contribution >= 0.6 is 11.3 Å². The van der Waals surface area contributed by atoms with Gasteiger partial charge in [-0.15, -0.1) is 11.3 Å². The van der Waals surface area contributed by atoms with Crippen LogP contribution in [0.15, 0.2) is 54.0 Å². The van der Waals surface area contributed by atoms with E-state index in [9.17, 15) is 4.79 Å². The number of aromatic nitrogens is 2. The standard InChI is InChI=1S/C20H21N3OS/c24-19(12-17-9-5-11-25-17)23-10-4-8-16(14-23)20-18(13-21-22-20)15-6-2-1-3-7-15/h1-3,5-7,9,11,13,16H,4,8,10,12,14H2,(H,21,22)/t16-/m1/s1. The number of nitrogens with one attached hydrogen (secondary N) is 1. The summed E-state index contributed by atoms with van der Waals surface area (Å²) in [4.78, 5) is 15.8. The fourth-order valence-electron chi connectivity index (χ4n) is 3.57. The first kappa shape index (κ1) is 16.1. The molecule has 0 bridgehead atoms. The van der Waals surface area contributed by atoms with Gasteiger partial charge in [0.05, 0.1) is 12.6 Å². The second kappa shape index (κ2) is 7.23. The second-order valence-corrected chi connectivity index (χ2v) is 7.53. The molecule has 1 aromatic carbocycles. The molecular weight excluding hydrogens is 330 g/mol. The Hall–Kier alpha value is -2.40. The van der Waals surface area contributed by atoms with Gasteiger partial charge in [-0.2, -0.15) is 5.10 Å². The van der Waals surface area contributed by atoms with E-state index in [1.807, 2.05) is 46.8 Å². The van der Waals surface area contributed by atoms with E-state index >= 15 is 0 Å². The third-order valence-electron chi connectivity index (χ3n) is 4.84. The van der Waals surface area contributed by atoms with Gasteiger partial charge >= 0.3 is 0 Å². The van der Waals surface area contributed by atoms with E-state index in [4.69, 9.17) is 0 Å². The van der Waals surface area contributed by atoms with E-state index in [-0.39, 0.29) is 5.91 Å². The quantitative estimate of drug-likeness (QED) is 0.770. The molecular formula is C20H21N3OS. The van der Waals surface area contributed by atoms with Crippen LogP contribution in [-0.4, -0.2) is 34.1 Å². The number of likely N-dealkylation sites (tertiary alicyclic amines) is 1. The molecule has 1 aliphatic rings. The Balaban J connectivity index is 1.50. The summed E-state index contributed by atoms with van der Waals surface area (Å²) in [5, 5.41) is 9.50. The van der Waals surface area contributed by atoms with Crippen molar-refractivity contribution in [2.24, 2.45) is 0 Å². The van der Waals surface area contributed by atoms with Crippen LogP contribution in [-0.2, 0) is 11.2 Å². The molecule has 1 saturated heterocycles. The van der Waals surface area contributed by atoms with Gasteiger partial charge in [0.1, 0.15) is 0 Å². The van der Waals surface area contributed by atoms with Crippen LogP contribution in [0.5, 0.6) is 0 Å². The predicted molar refractivity (Wildman–Crippen MR) is 101 cm³/mol. The van der Waals surface area contributed by atoms with Gasteiger partial charge in [0.2, 0.25) is 5.91 Å². The van der Waals surface area contributed by atoms with E-state index in [2.05, 4.69) is 22.3 Å². The minimum absolute atomic E-state index is 0.230. The molecule has 3 heterocycles. The number of thiophene rings is 1. The zero-order valence-corrected chi connectivity index (χ0v) is 14.8. The minimum Gasteiger partial charge on any atom is -0.342 e. The molecule has 25 heavy (non-hydrogen) atoms. The number of aromatic amines is 1. The highest BCUT2D eigenvalue weighted by molar-refractivity contribution is 7.10. The molecule has 0 saturated carbocycles. The summed E-state index contributed by atoms with van der Waals surface area (Å²) in [6.07, 6.45) is 4.54. The first-order valence-electron chi connectivity index (χ1n) is 8.70. The molecule has 4 nitrogen and oxygen atoms in total. The molecule has 0 radical (unpaired) electrons. The first-order chi connectivity index (χ1) is 12.3. The fraction of sp³-hybridized carbons (Fsp3) is 0.300. The van der Waals surface area contributed by atoms with Crippen molar-refractivity contribution in [3.63, 3.8) is 0 Å². The molecule has 1 aliphatic heterocycles. The maximum atomic E-state index is 12.6. The Labute approximate surface area is 151 Å². The minimum atomic E-state index is 0.230. The van der Waals surface area contributed by atoms with Crippen molar-refractivity contribution in [3.05, 3.63) is 64.6 Å². The Morgan fingerprint density at radius 1 is 1.24 bits per heavy atom. The molecule has 5 heteroatoms. The molecule has 1 fully saturated rings. The Morgan fingerprint density at radius 2 is 2.12 bits per heavy atom. The number of rotatable bonds is 4. The van der Waals surface area contributed by atoms with Crippen molar-refractivity contribution >= 4 is 17.2 Å². The summed E-state index contributed by atoms with van der Waals surface area (Å²) in [5.74, 6) is 0.548. The second-order valence-electron chi connectivity index (χ2n) is 6.50. The normalized spacial score (nSPS) is 17.6. The Kier molecular flexibility index (Phi) is 4.65. The molecule has 0 spiro atoms. The lowest BCUT2D eigenvalue weighted by Gasteiger charge is -2.32. The van der Waals surface area contributed by atoms with E-state index in [1.54, 1.807) is 11.3 Å². The molecule has 1 amide bonds. The number of carbonyl (C=O) groups excluding carboxylic acids is 1. The average molecular weight is 351 g/mol. The van der Waals surface area contributed by atoms with Crippen molar-refractivity contribution in [3.8, 4) is 11.1 Å². The van der Waals surface area contributed by atoms with E-state index in [1.165, 1.54) is 5.56 Å². The zero-order valence-electron chi connectivity index (χ0n) is 14.0. The van der Waals surface area contributed by atoms with Crippen LogP contribution in [0.25, 0.3) is 11.1 Å². The molecule has 2 aromatic heterocycles. The molecule has 0 aliphatic carbocycles. The summed E-state index contributed by atoms with van der Waals surface area (Å²) in [7, 11) is 0. The summed E-state index contributed by atoms with van der Waals surface area (Å²) in [6.45, 7) is 1.63. The summed E-state index contributed by atoms with van der Waals surface area (Å²) < 4.78 is 0. The van der Waals surface area contributed by atoms with Gasteiger partial charge in [0.15, 0.2) is 0 Å². The lowest BCUT2D eigenvalue weighted by Crippen LogP contribution is -2.40. The van der Waals surface area contributed by atoms with Crippen molar-refractivity contribution in [2.45, 2.75) is 25.2 Å². The van der Waals surface area contributed by atoms with Crippen LogP contribution in [0.3, 0.4) is 0 Å². The third-order valence-corrected chi connectivity index (χ3v) is 5.72. The van der Waals surface area contributed by atoms with Gasteiger partial charge in [-0.25, -0.2) is 0 Å². The van der Waals surface area contributed by atoms with Crippen molar-refractivity contribution in [2.75, 3.05) is 13.1 Å². The maximum Gasteiger partial charge on any atom is 0.227 e. The maximum absolute atomic E-state index is 12.6. The Bertz CT molecular complexity index is 826.